The largest absolute Gasteiger partial charge is 0.385 e. The zero-order chi connectivity index (χ0) is 18.8. The quantitative estimate of drug-likeness (QED) is 0.447. The molecule has 24 heavy (non-hydrogen) atoms. The van der Waals surface area contributed by atoms with E-state index in [1.165, 1.54) is 0 Å². The van der Waals surface area contributed by atoms with E-state index in [1.54, 1.807) is 6.92 Å². The zero-order valence-corrected chi connectivity index (χ0v) is 16.7. The van der Waals surface area contributed by atoms with Crippen molar-refractivity contribution in [3.63, 3.8) is 0 Å². The van der Waals surface area contributed by atoms with Gasteiger partial charge in [-0.25, -0.2) is 0 Å². The van der Waals surface area contributed by atoms with Gasteiger partial charge < -0.3 is 19.3 Å². The standard InChI is InChI=1S/C20H36O4/c1-9-15(4)12-22-18(7)19(21)20(8,23-13-16(5)10-2)24-14-17(6)11-3/h9-11,18-19,21H,12-14H2,1-8H3. The first kappa shape index (κ1) is 23.1. The van der Waals surface area contributed by atoms with E-state index in [-0.39, 0.29) is 0 Å². The third-order valence-electron chi connectivity index (χ3n) is 4.21. The molecule has 4 heteroatoms. The van der Waals surface area contributed by atoms with Crippen molar-refractivity contribution in [1.29, 1.82) is 0 Å². The minimum Gasteiger partial charge on any atom is -0.385 e. The van der Waals surface area contributed by atoms with E-state index >= 15 is 0 Å². The van der Waals surface area contributed by atoms with Gasteiger partial charge >= 0.3 is 0 Å². The van der Waals surface area contributed by atoms with Gasteiger partial charge in [0.05, 0.1) is 25.9 Å². The summed E-state index contributed by atoms with van der Waals surface area (Å²) in [5.74, 6) is -1.14. The number of hydrogen-bond acceptors (Lipinski definition) is 4. The Hall–Kier alpha value is -0.940. The van der Waals surface area contributed by atoms with Crippen molar-refractivity contribution in [1.82, 2.24) is 0 Å². The predicted octanol–water partition coefficient (Wildman–Crippen LogP) is 4.40. The van der Waals surface area contributed by atoms with Crippen molar-refractivity contribution in [3.8, 4) is 0 Å². The molecule has 0 saturated heterocycles. The van der Waals surface area contributed by atoms with Crippen LogP contribution in [-0.4, -0.2) is 42.9 Å². The highest BCUT2D eigenvalue weighted by Crippen LogP contribution is 2.24. The molecule has 0 bridgehead atoms. The number of rotatable bonds is 11. The van der Waals surface area contributed by atoms with Crippen LogP contribution in [0.1, 0.15) is 55.4 Å². The van der Waals surface area contributed by atoms with E-state index in [9.17, 15) is 5.11 Å². The molecule has 1 N–H and O–H groups in total. The molecule has 0 spiro atoms. The van der Waals surface area contributed by atoms with Crippen LogP contribution >= 0.6 is 0 Å². The molecule has 0 rings (SSSR count). The zero-order valence-electron chi connectivity index (χ0n) is 16.7. The number of ether oxygens (including phenoxy) is 3. The van der Waals surface area contributed by atoms with Gasteiger partial charge in [0.1, 0.15) is 6.10 Å². The van der Waals surface area contributed by atoms with Crippen molar-refractivity contribution in [2.75, 3.05) is 19.8 Å². The highest BCUT2D eigenvalue weighted by atomic mass is 16.7. The summed E-state index contributed by atoms with van der Waals surface area (Å²) in [5, 5.41) is 10.8. The van der Waals surface area contributed by atoms with Crippen LogP contribution in [0.25, 0.3) is 0 Å². The number of hydrogen-bond donors (Lipinski definition) is 1. The number of allylic oxidation sites excluding steroid dienone is 3. The van der Waals surface area contributed by atoms with Crippen LogP contribution < -0.4 is 0 Å². The predicted molar refractivity (Wildman–Crippen MR) is 100 cm³/mol. The third-order valence-corrected chi connectivity index (χ3v) is 4.21. The minimum atomic E-state index is -1.14. The normalized spacial score (nSPS) is 19.1. The second-order valence-corrected chi connectivity index (χ2v) is 6.46. The SMILES string of the molecule is CC=C(C)COC(C)C(O)C(C)(OCC(C)=CC)OCC(C)=CC. The summed E-state index contributed by atoms with van der Waals surface area (Å²) < 4.78 is 17.6. The fraction of sp³-hybridized carbons (Fsp3) is 0.700. The molecule has 2 atom stereocenters. The minimum absolute atomic E-state index is 0.402. The molecule has 0 aliphatic carbocycles. The second kappa shape index (κ2) is 11.6. The molecule has 0 aliphatic rings. The summed E-state index contributed by atoms with van der Waals surface area (Å²) in [6.45, 7) is 16.7. The van der Waals surface area contributed by atoms with Gasteiger partial charge in [-0.15, -0.1) is 0 Å². The fourth-order valence-electron chi connectivity index (χ4n) is 1.76. The van der Waals surface area contributed by atoms with Crippen LogP contribution in [0.4, 0.5) is 0 Å². The Labute approximate surface area is 148 Å². The van der Waals surface area contributed by atoms with Gasteiger partial charge in [0.15, 0.2) is 5.79 Å². The molecule has 4 nitrogen and oxygen atoms in total. The van der Waals surface area contributed by atoms with Crippen molar-refractivity contribution < 1.29 is 19.3 Å². The smallest absolute Gasteiger partial charge is 0.194 e. The summed E-state index contributed by atoms with van der Waals surface area (Å²) in [7, 11) is 0. The Kier molecular flexibility index (Phi) is 11.1. The lowest BCUT2D eigenvalue weighted by atomic mass is 10.1. The van der Waals surface area contributed by atoms with Gasteiger partial charge in [-0.1, -0.05) is 34.9 Å². The van der Waals surface area contributed by atoms with Crippen molar-refractivity contribution >= 4 is 0 Å². The molecule has 0 aromatic carbocycles. The maximum atomic E-state index is 10.8. The van der Waals surface area contributed by atoms with Gasteiger partial charge in [-0.2, -0.15) is 0 Å². The van der Waals surface area contributed by atoms with E-state index < -0.39 is 18.0 Å². The number of aliphatic hydroxyl groups excluding tert-OH is 1. The molecule has 0 aliphatic heterocycles. The Morgan fingerprint density at radius 3 is 1.62 bits per heavy atom. The molecular formula is C20H36O4. The summed E-state index contributed by atoms with van der Waals surface area (Å²) in [4.78, 5) is 0. The summed E-state index contributed by atoms with van der Waals surface area (Å²) in [5.41, 5.74) is 3.28. The van der Waals surface area contributed by atoms with E-state index in [0.29, 0.717) is 19.8 Å². The highest BCUT2D eigenvalue weighted by molar-refractivity contribution is 4.99. The number of aliphatic hydroxyl groups is 1. The van der Waals surface area contributed by atoms with Crippen LogP contribution in [0, 0.1) is 0 Å². The van der Waals surface area contributed by atoms with Crippen LogP contribution in [0.2, 0.25) is 0 Å². The van der Waals surface area contributed by atoms with Crippen LogP contribution in [0.15, 0.2) is 34.9 Å². The average Bonchev–Trinajstić information content (AvgIpc) is 2.60. The lowest BCUT2D eigenvalue weighted by Gasteiger charge is -2.37. The Morgan fingerprint density at radius 1 is 0.875 bits per heavy atom. The summed E-state index contributed by atoms with van der Waals surface area (Å²) >= 11 is 0. The third kappa shape index (κ3) is 8.25. The highest BCUT2D eigenvalue weighted by Gasteiger charge is 2.39. The first-order chi connectivity index (χ1) is 11.2. The monoisotopic (exact) mass is 340 g/mol. The van der Waals surface area contributed by atoms with Crippen LogP contribution in [-0.2, 0) is 14.2 Å². The fourth-order valence-corrected chi connectivity index (χ4v) is 1.76. The molecule has 0 aromatic rings. The van der Waals surface area contributed by atoms with Crippen molar-refractivity contribution in [2.45, 2.75) is 73.4 Å². The molecule has 2 unspecified atom stereocenters. The molecular weight excluding hydrogens is 304 g/mol. The summed E-state index contributed by atoms with van der Waals surface area (Å²) in [6, 6.07) is 0. The lowest BCUT2D eigenvalue weighted by Crippen LogP contribution is -2.51. The molecule has 0 saturated carbocycles. The van der Waals surface area contributed by atoms with Gasteiger partial charge in [0, 0.05) is 0 Å². The Morgan fingerprint density at radius 2 is 1.25 bits per heavy atom. The van der Waals surface area contributed by atoms with Gasteiger partial charge in [0.25, 0.3) is 0 Å². The first-order valence-electron chi connectivity index (χ1n) is 8.63. The maximum Gasteiger partial charge on any atom is 0.194 e. The maximum absolute atomic E-state index is 10.8. The van der Waals surface area contributed by atoms with Crippen LogP contribution in [0.3, 0.4) is 0 Å². The van der Waals surface area contributed by atoms with Gasteiger partial charge in [0.2, 0.25) is 0 Å². The van der Waals surface area contributed by atoms with Gasteiger partial charge in [-0.05, 0) is 55.4 Å². The molecule has 0 aromatic heterocycles. The Balaban J connectivity index is 5.04. The lowest BCUT2D eigenvalue weighted by molar-refractivity contribution is -0.283. The molecule has 0 heterocycles. The average molecular weight is 341 g/mol. The second-order valence-electron chi connectivity index (χ2n) is 6.46. The molecule has 0 fully saturated rings. The van der Waals surface area contributed by atoms with E-state index in [2.05, 4.69) is 0 Å². The van der Waals surface area contributed by atoms with Crippen molar-refractivity contribution in [3.05, 3.63) is 34.9 Å². The van der Waals surface area contributed by atoms with E-state index in [4.69, 9.17) is 14.2 Å². The molecule has 0 amide bonds. The first-order valence-corrected chi connectivity index (χ1v) is 8.63. The van der Waals surface area contributed by atoms with E-state index in [0.717, 1.165) is 16.7 Å². The summed E-state index contributed by atoms with van der Waals surface area (Å²) in [6.07, 6.45) is 4.65. The van der Waals surface area contributed by atoms with Crippen molar-refractivity contribution in [2.24, 2.45) is 0 Å². The Bertz CT molecular complexity index is 427. The van der Waals surface area contributed by atoms with E-state index in [1.807, 2.05) is 66.7 Å². The molecule has 0 radical (unpaired) electrons. The molecule has 140 valence electrons. The van der Waals surface area contributed by atoms with Crippen LogP contribution in [0.5, 0.6) is 0 Å². The van der Waals surface area contributed by atoms with Gasteiger partial charge in [-0.3, -0.25) is 0 Å². The topological polar surface area (TPSA) is 47.9 Å².